The van der Waals surface area contributed by atoms with Crippen molar-refractivity contribution in [2.24, 2.45) is 0 Å². The van der Waals surface area contributed by atoms with Gasteiger partial charge >= 0.3 is 0 Å². The van der Waals surface area contributed by atoms with Crippen LogP contribution in [0.15, 0.2) is 59.5 Å². The predicted molar refractivity (Wildman–Crippen MR) is 98.6 cm³/mol. The molecule has 1 amide bonds. The maximum atomic E-state index is 12.4. The Morgan fingerprint density at radius 1 is 1.20 bits per heavy atom. The molecule has 0 spiro atoms. The molecule has 0 aliphatic carbocycles. The highest BCUT2D eigenvalue weighted by Gasteiger charge is 2.14. The van der Waals surface area contributed by atoms with Crippen LogP contribution < -0.4 is 10.9 Å². The molecule has 1 aromatic heterocycles. The fourth-order valence-corrected chi connectivity index (χ4v) is 2.86. The van der Waals surface area contributed by atoms with E-state index in [2.05, 4.69) is 10.4 Å². The van der Waals surface area contributed by atoms with Gasteiger partial charge in [0.2, 0.25) is 5.91 Å². The summed E-state index contributed by atoms with van der Waals surface area (Å²) in [6.45, 7) is 1.87. The third-order valence-electron chi connectivity index (χ3n) is 4.07. The predicted octanol–water partition coefficient (Wildman–Crippen LogP) is 3.32. The van der Waals surface area contributed by atoms with E-state index in [0.29, 0.717) is 10.4 Å². The van der Waals surface area contributed by atoms with E-state index in [1.165, 1.54) is 4.68 Å². The smallest absolute Gasteiger partial charge is 0.275 e. The Morgan fingerprint density at radius 2 is 1.92 bits per heavy atom. The van der Waals surface area contributed by atoms with Crippen molar-refractivity contribution in [2.45, 2.75) is 25.9 Å². The molecule has 0 fully saturated rings. The fraction of sp³-hybridized carbons (Fsp3) is 0.211. The van der Waals surface area contributed by atoms with Crippen LogP contribution >= 0.6 is 11.6 Å². The first-order valence-corrected chi connectivity index (χ1v) is 8.46. The molecule has 0 saturated carbocycles. The first-order chi connectivity index (χ1) is 12.1. The molecule has 1 N–H and O–H groups in total. The van der Waals surface area contributed by atoms with E-state index in [1.54, 1.807) is 30.5 Å². The summed E-state index contributed by atoms with van der Waals surface area (Å²) in [4.78, 5) is 24.8. The summed E-state index contributed by atoms with van der Waals surface area (Å²) in [5.74, 6) is -0.258. The van der Waals surface area contributed by atoms with E-state index in [1.807, 2.05) is 31.2 Å². The Labute approximate surface area is 150 Å². The van der Waals surface area contributed by atoms with Crippen LogP contribution in [-0.2, 0) is 11.3 Å². The SMILES string of the molecule is CCC(NC(=O)Cn1ncc2ccccc2c1=O)c1ccc(Cl)cc1. The van der Waals surface area contributed by atoms with Crippen LogP contribution in [0.25, 0.3) is 10.8 Å². The van der Waals surface area contributed by atoms with E-state index in [-0.39, 0.29) is 24.1 Å². The van der Waals surface area contributed by atoms with Crippen LogP contribution in [0.4, 0.5) is 0 Å². The van der Waals surface area contributed by atoms with Gasteiger partial charge in [-0.05, 0) is 30.2 Å². The monoisotopic (exact) mass is 355 g/mol. The number of fused-ring (bicyclic) bond motifs is 1. The van der Waals surface area contributed by atoms with Gasteiger partial charge in [0, 0.05) is 10.4 Å². The number of hydrogen-bond donors (Lipinski definition) is 1. The quantitative estimate of drug-likeness (QED) is 0.763. The van der Waals surface area contributed by atoms with Crippen molar-refractivity contribution < 1.29 is 4.79 Å². The van der Waals surface area contributed by atoms with Gasteiger partial charge < -0.3 is 5.32 Å². The van der Waals surface area contributed by atoms with Crippen LogP contribution in [0.1, 0.15) is 24.9 Å². The third-order valence-corrected chi connectivity index (χ3v) is 4.32. The molecule has 0 saturated heterocycles. The third kappa shape index (κ3) is 3.88. The zero-order chi connectivity index (χ0) is 17.8. The molecule has 6 heteroatoms. The number of carbonyl (C=O) groups excluding carboxylic acids is 1. The topological polar surface area (TPSA) is 64.0 Å². The average Bonchev–Trinajstić information content (AvgIpc) is 2.63. The van der Waals surface area contributed by atoms with Gasteiger partial charge in [-0.2, -0.15) is 5.10 Å². The van der Waals surface area contributed by atoms with Gasteiger partial charge in [-0.25, -0.2) is 4.68 Å². The van der Waals surface area contributed by atoms with E-state index in [9.17, 15) is 9.59 Å². The zero-order valence-electron chi connectivity index (χ0n) is 13.8. The minimum Gasteiger partial charge on any atom is -0.348 e. The molecule has 0 aliphatic heterocycles. The summed E-state index contributed by atoms with van der Waals surface area (Å²) < 4.78 is 1.19. The largest absolute Gasteiger partial charge is 0.348 e. The van der Waals surface area contributed by atoms with E-state index in [0.717, 1.165) is 17.4 Å². The zero-order valence-corrected chi connectivity index (χ0v) is 14.5. The van der Waals surface area contributed by atoms with E-state index in [4.69, 9.17) is 11.6 Å². The molecular weight excluding hydrogens is 338 g/mol. The molecule has 2 aromatic carbocycles. The second kappa shape index (κ2) is 7.49. The molecule has 0 bridgehead atoms. The fourth-order valence-electron chi connectivity index (χ4n) is 2.73. The number of nitrogens with zero attached hydrogens (tertiary/aromatic N) is 2. The van der Waals surface area contributed by atoms with Crippen molar-refractivity contribution in [3.63, 3.8) is 0 Å². The van der Waals surface area contributed by atoms with Gasteiger partial charge in [0.25, 0.3) is 5.56 Å². The molecule has 3 rings (SSSR count). The number of nitrogens with one attached hydrogen (secondary N) is 1. The van der Waals surface area contributed by atoms with Crippen LogP contribution in [0.5, 0.6) is 0 Å². The first-order valence-electron chi connectivity index (χ1n) is 8.08. The minimum absolute atomic E-state index is 0.117. The van der Waals surface area contributed by atoms with Crippen LogP contribution in [0.2, 0.25) is 5.02 Å². The number of carbonyl (C=O) groups is 1. The molecule has 0 radical (unpaired) electrons. The van der Waals surface area contributed by atoms with Crippen molar-refractivity contribution in [3.05, 3.63) is 75.7 Å². The standard InChI is InChI=1S/C19H18ClN3O2/c1-2-17(13-7-9-15(20)10-8-13)22-18(24)12-23-19(25)16-6-4-3-5-14(16)11-21-23/h3-11,17H,2,12H2,1H3,(H,22,24). The second-order valence-electron chi connectivity index (χ2n) is 5.77. The van der Waals surface area contributed by atoms with Gasteiger partial charge in [0.05, 0.1) is 17.6 Å². The first kappa shape index (κ1) is 17.2. The number of amides is 1. The number of rotatable bonds is 5. The lowest BCUT2D eigenvalue weighted by Gasteiger charge is -2.18. The molecule has 128 valence electrons. The lowest BCUT2D eigenvalue weighted by molar-refractivity contribution is -0.122. The van der Waals surface area contributed by atoms with E-state index >= 15 is 0 Å². The summed E-state index contributed by atoms with van der Waals surface area (Å²) in [7, 11) is 0. The normalized spacial score (nSPS) is 12.1. The number of aromatic nitrogens is 2. The molecule has 3 aromatic rings. The maximum absolute atomic E-state index is 12.4. The Hall–Kier alpha value is -2.66. The van der Waals surface area contributed by atoms with Crippen LogP contribution in [-0.4, -0.2) is 15.7 Å². The Balaban J connectivity index is 1.76. The average molecular weight is 356 g/mol. The van der Waals surface area contributed by atoms with Crippen molar-refractivity contribution in [3.8, 4) is 0 Å². The van der Waals surface area contributed by atoms with Gasteiger partial charge in [0.1, 0.15) is 6.54 Å². The van der Waals surface area contributed by atoms with Gasteiger partial charge in [-0.15, -0.1) is 0 Å². The van der Waals surface area contributed by atoms with Crippen molar-refractivity contribution in [1.29, 1.82) is 0 Å². The Morgan fingerprint density at radius 3 is 2.64 bits per heavy atom. The van der Waals surface area contributed by atoms with E-state index < -0.39 is 0 Å². The molecule has 1 heterocycles. The lowest BCUT2D eigenvalue weighted by atomic mass is 10.0. The minimum atomic E-state index is -0.271. The molecular formula is C19H18ClN3O2. The maximum Gasteiger partial charge on any atom is 0.275 e. The Bertz CT molecular complexity index is 951. The Kier molecular flexibility index (Phi) is 5.14. The van der Waals surface area contributed by atoms with Crippen LogP contribution in [0, 0.1) is 0 Å². The van der Waals surface area contributed by atoms with Gasteiger partial charge in [-0.1, -0.05) is 48.9 Å². The van der Waals surface area contributed by atoms with Gasteiger partial charge in [0.15, 0.2) is 0 Å². The second-order valence-corrected chi connectivity index (χ2v) is 6.21. The highest BCUT2D eigenvalue weighted by molar-refractivity contribution is 6.30. The summed E-state index contributed by atoms with van der Waals surface area (Å²) in [5.41, 5.74) is 0.701. The molecule has 25 heavy (non-hydrogen) atoms. The highest BCUT2D eigenvalue weighted by Crippen LogP contribution is 2.19. The molecule has 1 atom stereocenters. The van der Waals surface area contributed by atoms with Crippen LogP contribution in [0.3, 0.4) is 0 Å². The summed E-state index contributed by atoms with van der Waals surface area (Å²) >= 11 is 5.90. The van der Waals surface area contributed by atoms with Crippen molar-refractivity contribution in [1.82, 2.24) is 15.1 Å². The molecule has 1 unspecified atom stereocenters. The summed E-state index contributed by atoms with van der Waals surface area (Å²) in [5, 5.41) is 9.00. The number of halogens is 1. The number of hydrogen-bond acceptors (Lipinski definition) is 3. The molecule has 5 nitrogen and oxygen atoms in total. The molecule has 0 aliphatic rings. The van der Waals surface area contributed by atoms with Gasteiger partial charge in [-0.3, -0.25) is 9.59 Å². The summed E-state index contributed by atoms with van der Waals surface area (Å²) in [6, 6.07) is 14.4. The van der Waals surface area contributed by atoms with Crippen molar-refractivity contribution in [2.75, 3.05) is 0 Å². The highest BCUT2D eigenvalue weighted by atomic mass is 35.5. The number of benzene rings is 2. The summed E-state index contributed by atoms with van der Waals surface area (Å²) in [6.07, 6.45) is 2.33. The lowest BCUT2D eigenvalue weighted by Crippen LogP contribution is -2.35. The van der Waals surface area contributed by atoms with Crippen molar-refractivity contribution >= 4 is 28.3 Å².